The number of thiol groups is 1. The third-order valence-corrected chi connectivity index (χ3v) is 2.28. The Morgan fingerprint density at radius 2 is 2.00 bits per heavy atom. The van der Waals surface area contributed by atoms with Crippen molar-refractivity contribution in [3.8, 4) is 5.75 Å². The summed E-state index contributed by atoms with van der Waals surface area (Å²) in [5.41, 5.74) is 0. The number of hydrogen-bond acceptors (Lipinski definition) is 2. The van der Waals surface area contributed by atoms with E-state index in [0.29, 0.717) is 18.3 Å². The van der Waals surface area contributed by atoms with Crippen LogP contribution >= 0.6 is 12.6 Å². The Balaban J connectivity index is 2.41. The minimum atomic E-state index is -0.241. The molecule has 13 heavy (non-hydrogen) atoms. The van der Waals surface area contributed by atoms with Gasteiger partial charge < -0.3 is 4.74 Å². The molecule has 0 heterocycles. The minimum absolute atomic E-state index is 0.241. The summed E-state index contributed by atoms with van der Waals surface area (Å²) < 4.78 is 17.9. The molecule has 72 valence electrons. The molecular formula is C10H13FOS. The van der Waals surface area contributed by atoms with Gasteiger partial charge in [-0.25, -0.2) is 4.39 Å². The fourth-order valence-electron chi connectivity index (χ4n) is 0.822. The Labute approximate surface area is 83.3 Å². The molecule has 0 aromatic heterocycles. The standard InChI is InChI=1S/C10H13FOS/c1-8(7-13)6-12-10-4-2-9(11)3-5-10/h2-5,8,13H,6-7H2,1H3. The van der Waals surface area contributed by atoms with Crippen LogP contribution in [0.25, 0.3) is 0 Å². The molecule has 0 N–H and O–H groups in total. The van der Waals surface area contributed by atoms with Crippen molar-refractivity contribution < 1.29 is 9.13 Å². The first kappa shape index (κ1) is 10.4. The number of halogens is 1. The van der Waals surface area contributed by atoms with Gasteiger partial charge in [0.05, 0.1) is 6.61 Å². The summed E-state index contributed by atoms with van der Waals surface area (Å²) in [6.45, 7) is 2.67. The molecule has 0 fully saturated rings. The van der Waals surface area contributed by atoms with E-state index in [2.05, 4.69) is 19.6 Å². The molecule has 0 aliphatic heterocycles. The van der Waals surface area contributed by atoms with E-state index >= 15 is 0 Å². The number of benzene rings is 1. The second-order valence-corrected chi connectivity index (χ2v) is 3.42. The van der Waals surface area contributed by atoms with Gasteiger partial charge in [-0.2, -0.15) is 12.6 Å². The van der Waals surface area contributed by atoms with Gasteiger partial charge in [-0.15, -0.1) is 0 Å². The fraction of sp³-hybridized carbons (Fsp3) is 0.400. The molecule has 1 atom stereocenters. The third-order valence-electron chi connectivity index (χ3n) is 1.66. The predicted octanol–water partition coefficient (Wildman–Crippen LogP) is 2.77. The highest BCUT2D eigenvalue weighted by Crippen LogP contribution is 2.12. The lowest BCUT2D eigenvalue weighted by molar-refractivity contribution is 0.273. The highest BCUT2D eigenvalue weighted by atomic mass is 32.1. The number of ether oxygens (including phenoxy) is 1. The molecule has 0 radical (unpaired) electrons. The van der Waals surface area contributed by atoms with Gasteiger partial charge in [0, 0.05) is 0 Å². The Morgan fingerprint density at radius 3 is 2.54 bits per heavy atom. The molecule has 0 amide bonds. The summed E-state index contributed by atoms with van der Waals surface area (Å²) in [5.74, 6) is 1.67. The van der Waals surface area contributed by atoms with Crippen LogP contribution < -0.4 is 4.74 Å². The van der Waals surface area contributed by atoms with E-state index in [1.165, 1.54) is 12.1 Å². The summed E-state index contributed by atoms with van der Waals surface area (Å²) >= 11 is 4.14. The van der Waals surface area contributed by atoms with Crippen LogP contribution in [0.4, 0.5) is 4.39 Å². The normalized spacial score (nSPS) is 12.5. The molecule has 1 rings (SSSR count). The van der Waals surface area contributed by atoms with E-state index in [1.54, 1.807) is 12.1 Å². The van der Waals surface area contributed by atoms with Gasteiger partial charge in [0.2, 0.25) is 0 Å². The Kier molecular flexibility index (Phi) is 4.09. The van der Waals surface area contributed by atoms with Crippen molar-refractivity contribution in [2.24, 2.45) is 5.92 Å². The average Bonchev–Trinajstić information content (AvgIpc) is 2.16. The first-order valence-corrected chi connectivity index (χ1v) is 4.85. The van der Waals surface area contributed by atoms with Gasteiger partial charge in [0.25, 0.3) is 0 Å². The first-order valence-electron chi connectivity index (χ1n) is 4.21. The van der Waals surface area contributed by atoms with Gasteiger partial charge in [-0.3, -0.25) is 0 Å². The quantitative estimate of drug-likeness (QED) is 0.735. The molecule has 3 heteroatoms. The van der Waals surface area contributed by atoms with Crippen LogP contribution in [0.3, 0.4) is 0 Å². The lowest BCUT2D eigenvalue weighted by Gasteiger charge is -2.09. The first-order chi connectivity index (χ1) is 6.22. The van der Waals surface area contributed by atoms with Crippen molar-refractivity contribution in [1.29, 1.82) is 0 Å². The van der Waals surface area contributed by atoms with Crippen LogP contribution in [0.15, 0.2) is 24.3 Å². The van der Waals surface area contributed by atoms with Crippen molar-refractivity contribution >= 4 is 12.6 Å². The van der Waals surface area contributed by atoms with Crippen LogP contribution in [0.2, 0.25) is 0 Å². The van der Waals surface area contributed by atoms with Gasteiger partial charge in [-0.1, -0.05) is 6.92 Å². The molecule has 1 aromatic carbocycles. The summed E-state index contributed by atoms with van der Waals surface area (Å²) in [4.78, 5) is 0. The molecule has 1 nitrogen and oxygen atoms in total. The second-order valence-electron chi connectivity index (χ2n) is 3.05. The molecule has 0 spiro atoms. The van der Waals surface area contributed by atoms with E-state index in [-0.39, 0.29) is 5.82 Å². The van der Waals surface area contributed by atoms with Gasteiger partial charge in [-0.05, 0) is 35.9 Å². The van der Waals surface area contributed by atoms with Crippen LogP contribution in [0, 0.1) is 11.7 Å². The van der Waals surface area contributed by atoms with Crippen molar-refractivity contribution in [2.45, 2.75) is 6.92 Å². The maximum Gasteiger partial charge on any atom is 0.123 e. The number of rotatable bonds is 4. The summed E-state index contributed by atoms with van der Waals surface area (Å²) in [5, 5.41) is 0. The van der Waals surface area contributed by atoms with Crippen molar-refractivity contribution in [3.63, 3.8) is 0 Å². The van der Waals surface area contributed by atoms with E-state index in [9.17, 15) is 4.39 Å². The van der Waals surface area contributed by atoms with Crippen molar-refractivity contribution in [1.82, 2.24) is 0 Å². The highest BCUT2D eigenvalue weighted by molar-refractivity contribution is 7.80. The molecule has 0 bridgehead atoms. The lowest BCUT2D eigenvalue weighted by Crippen LogP contribution is -2.09. The molecule has 1 unspecified atom stereocenters. The second kappa shape index (κ2) is 5.12. The van der Waals surface area contributed by atoms with Crippen LogP contribution in [0.5, 0.6) is 5.75 Å². The molecule has 0 saturated heterocycles. The zero-order valence-electron chi connectivity index (χ0n) is 7.53. The van der Waals surface area contributed by atoms with Crippen LogP contribution in [-0.4, -0.2) is 12.4 Å². The van der Waals surface area contributed by atoms with Crippen LogP contribution in [-0.2, 0) is 0 Å². The Bertz CT molecular complexity index is 248. The molecular weight excluding hydrogens is 187 g/mol. The zero-order valence-corrected chi connectivity index (χ0v) is 8.43. The average molecular weight is 200 g/mol. The maximum absolute atomic E-state index is 12.5. The summed E-state index contributed by atoms with van der Waals surface area (Å²) in [7, 11) is 0. The van der Waals surface area contributed by atoms with Crippen molar-refractivity contribution in [3.05, 3.63) is 30.1 Å². The maximum atomic E-state index is 12.5. The SMILES string of the molecule is CC(CS)COc1ccc(F)cc1. The highest BCUT2D eigenvalue weighted by Gasteiger charge is 2.00. The summed E-state index contributed by atoms with van der Waals surface area (Å²) in [6, 6.07) is 6.03. The van der Waals surface area contributed by atoms with E-state index in [0.717, 1.165) is 5.75 Å². The monoisotopic (exact) mass is 200 g/mol. The van der Waals surface area contributed by atoms with Crippen LogP contribution in [0.1, 0.15) is 6.92 Å². The van der Waals surface area contributed by atoms with Gasteiger partial charge in [0.1, 0.15) is 11.6 Å². The zero-order chi connectivity index (χ0) is 9.68. The van der Waals surface area contributed by atoms with E-state index in [1.807, 2.05) is 0 Å². The van der Waals surface area contributed by atoms with E-state index in [4.69, 9.17) is 4.74 Å². The molecule has 0 saturated carbocycles. The Hall–Kier alpha value is -0.700. The molecule has 0 aliphatic rings. The summed E-state index contributed by atoms with van der Waals surface area (Å²) in [6.07, 6.45) is 0. The predicted molar refractivity (Wildman–Crippen MR) is 54.9 cm³/mol. The topological polar surface area (TPSA) is 9.23 Å². The van der Waals surface area contributed by atoms with E-state index < -0.39 is 0 Å². The molecule has 0 aliphatic carbocycles. The third kappa shape index (κ3) is 3.68. The van der Waals surface area contributed by atoms with Gasteiger partial charge >= 0.3 is 0 Å². The smallest absolute Gasteiger partial charge is 0.123 e. The molecule has 1 aromatic rings. The largest absolute Gasteiger partial charge is 0.493 e. The van der Waals surface area contributed by atoms with Gasteiger partial charge in [0.15, 0.2) is 0 Å². The lowest BCUT2D eigenvalue weighted by atomic mass is 10.2. The van der Waals surface area contributed by atoms with Crippen molar-refractivity contribution in [2.75, 3.05) is 12.4 Å². The Morgan fingerprint density at radius 1 is 1.38 bits per heavy atom. The number of hydrogen-bond donors (Lipinski definition) is 1. The fourth-order valence-corrected chi connectivity index (χ4v) is 0.927. The minimum Gasteiger partial charge on any atom is -0.493 e.